The summed E-state index contributed by atoms with van der Waals surface area (Å²) in [4.78, 5) is 38.2. The van der Waals surface area contributed by atoms with E-state index in [2.05, 4.69) is 154 Å². The summed E-state index contributed by atoms with van der Waals surface area (Å²) in [5.41, 5.74) is 0. The lowest BCUT2D eigenvalue weighted by Crippen LogP contribution is -2.30. The molecule has 0 N–H and O–H groups in total. The van der Waals surface area contributed by atoms with Crippen LogP contribution in [0.3, 0.4) is 0 Å². The first-order valence-electron chi connectivity index (χ1n) is 32.2. The van der Waals surface area contributed by atoms with Crippen molar-refractivity contribution in [2.75, 3.05) is 13.2 Å². The molecule has 78 heavy (non-hydrogen) atoms. The van der Waals surface area contributed by atoms with Gasteiger partial charge in [-0.25, -0.2) is 0 Å². The average Bonchev–Trinajstić information content (AvgIpc) is 3.44. The van der Waals surface area contributed by atoms with E-state index >= 15 is 0 Å². The number of hydrogen-bond acceptors (Lipinski definition) is 6. The molecule has 0 saturated carbocycles. The van der Waals surface area contributed by atoms with Crippen LogP contribution in [0.25, 0.3) is 0 Å². The van der Waals surface area contributed by atoms with Crippen molar-refractivity contribution < 1.29 is 28.6 Å². The van der Waals surface area contributed by atoms with Gasteiger partial charge < -0.3 is 14.2 Å². The summed E-state index contributed by atoms with van der Waals surface area (Å²) >= 11 is 0. The normalized spacial score (nSPS) is 13.0. The van der Waals surface area contributed by atoms with Crippen molar-refractivity contribution in [3.05, 3.63) is 134 Å². The third kappa shape index (κ3) is 62.4. The zero-order valence-corrected chi connectivity index (χ0v) is 50.6. The van der Waals surface area contributed by atoms with Crippen molar-refractivity contribution in [3.8, 4) is 0 Å². The van der Waals surface area contributed by atoms with Crippen molar-refractivity contribution in [2.45, 2.75) is 290 Å². The van der Waals surface area contributed by atoms with Crippen LogP contribution in [0.1, 0.15) is 284 Å². The van der Waals surface area contributed by atoms with Crippen LogP contribution in [-0.2, 0) is 28.6 Å². The van der Waals surface area contributed by atoms with Crippen LogP contribution in [0.5, 0.6) is 0 Å². The fourth-order valence-electron chi connectivity index (χ4n) is 8.55. The molecule has 0 bridgehead atoms. The Labute approximate surface area is 481 Å². The number of unbranched alkanes of at least 4 members (excludes halogenated alkanes) is 24. The van der Waals surface area contributed by atoms with E-state index in [9.17, 15) is 14.4 Å². The molecule has 0 rings (SSSR count). The van der Waals surface area contributed by atoms with E-state index in [4.69, 9.17) is 14.2 Å². The first-order valence-corrected chi connectivity index (χ1v) is 32.2. The highest BCUT2D eigenvalue weighted by atomic mass is 16.6. The molecule has 0 heterocycles. The molecular formula is C72H118O6. The van der Waals surface area contributed by atoms with Crippen molar-refractivity contribution in [1.29, 1.82) is 0 Å². The first kappa shape index (κ1) is 73.5. The molecule has 0 spiro atoms. The van der Waals surface area contributed by atoms with E-state index < -0.39 is 6.10 Å². The molecule has 6 nitrogen and oxygen atoms in total. The summed E-state index contributed by atoms with van der Waals surface area (Å²) in [5.74, 6) is -0.916. The van der Waals surface area contributed by atoms with Crippen molar-refractivity contribution in [1.82, 2.24) is 0 Å². The van der Waals surface area contributed by atoms with E-state index in [0.29, 0.717) is 19.3 Å². The van der Waals surface area contributed by atoms with Crippen LogP contribution >= 0.6 is 0 Å². The van der Waals surface area contributed by atoms with E-state index in [1.54, 1.807) is 0 Å². The van der Waals surface area contributed by atoms with Crippen LogP contribution in [0, 0.1) is 0 Å². The van der Waals surface area contributed by atoms with Gasteiger partial charge in [0.15, 0.2) is 6.10 Å². The molecule has 0 fully saturated rings. The SMILES string of the molecule is CC/C=C\C/C=C\C/C=C\C/C=C\C/C=C\C/C=C\C/C=C\C/C=C\CCCCCCCCCCC(=O)OCC(COC(=O)CCCCCCC/C=C\CCC)OC(=O)CCCCCCCCC/C=C\C/C=C\CCCCC. The van der Waals surface area contributed by atoms with Crippen molar-refractivity contribution in [3.63, 3.8) is 0 Å². The van der Waals surface area contributed by atoms with Gasteiger partial charge in [0.1, 0.15) is 13.2 Å². The number of carbonyl (C=O) groups is 3. The summed E-state index contributed by atoms with van der Waals surface area (Å²) in [5, 5.41) is 0. The monoisotopic (exact) mass is 1080 g/mol. The molecule has 0 saturated heterocycles. The van der Waals surface area contributed by atoms with Crippen LogP contribution in [0.15, 0.2) is 134 Å². The largest absolute Gasteiger partial charge is 0.462 e. The van der Waals surface area contributed by atoms with E-state index in [1.807, 2.05) is 0 Å². The third-order valence-corrected chi connectivity index (χ3v) is 13.3. The summed E-state index contributed by atoms with van der Waals surface area (Å²) in [6, 6.07) is 0. The molecule has 0 aromatic rings. The highest BCUT2D eigenvalue weighted by molar-refractivity contribution is 5.71. The maximum absolute atomic E-state index is 12.9. The number of rotatable bonds is 57. The molecule has 6 heteroatoms. The molecule has 442 valence electrons. The fourth-order valence-corrected chi connectivity index (χ4v) is 8.55. The zero-order chi connectivity index (χ0) is 56.4. The molecule has 1 unspecified atom stereocenters. The standard InChI is InChI=1S/C72H118O6/c1-4-7-10-13-16-19-22-24-26-28-29-30-31-32-33-34-35-36-37-38-39-40-41-42-43-45-46-48-50-53-56-59-62-65-71(74)77-68-69(67-76-70(73)64-61-58-55-52-21-18-15-12-9-6-3)78-72(75)66-63-60-57-54-51-49-47-44-27-25-23-20-17-14-11-8-5-2/h7,10,12,15-17,19-20,24-27,29-30,32-33,35-36,38-39,41-42,69H,4-6,8-9,11,13-14,18,21-23,28,31,34,37,40,43-68H2,1-3H3/b10-7-,15-12-,19-16-,20-17-,26-24-,27-25-,30-29-,33-32-,36-35-,39-38-,42-41-. The Balaban J connectivity index is 4.24. The lowest BCUT2D eigenvalue weighted by molar-refractivity contribution is -0.167. The van der Waals surface area contributed by atoms with Gasteiger partial charge in [-0.15, -0.1) is 0 Å². The first-order chi connectivity index (χ1) is 38.5. The van der Waals surface area contributed by atoms with Gasteiger partial charge in [0, 0.05) is 19.3 Å². The number of esters is 3. The van der Waals surface area contributed by atoms with Gasteiger partial charge in [0.2, 0.25) is 0 Å². The topological polar surface area (TPSA) is 78.9 Å². The van der Waals surface area contributed by atoms with Crippen LogP contribution in [0.4, 0.5) is 0 Å². The second-order valence-corrected chi connectivity index (χ2v) is 20.9. The fraction of sp³-hybridized carbons (Fsp3) is 0.653. The van der Waals surface area contributed by atoms with Gasteiger partial charge in [-0.3, -0.25) is 14.4 Å². The third-order valence-electron chi connectivity index (χ3n) is 13.3. The van der Waals surface area contributed by atoms with Gasteiger partial charge in [-0.2, -0.15) is 0 Å². The number of hydrogen-bond donors (Lipinski definition) is 0. The Bertz CT molecular complexity index is 1670. The maximum Gasteiger partial charge on any atom is 0.306 e. The quantitative estimate of drug-likeness (QED) is 0.0261. The summed E-state index contributed by atoms with van der Waals surface area (Å²) in [6.45, 7) is 6.42. The second kappa shape index (κ2) is 65.1. The maximum atomic E-state index is 12.9. The molecule has 1 atom stereocenters. The minimum Gasteiger partial charge on any atom is -0.462 e. The highest BCUT2D eigenvalue weighted by Crippen LogP contribution is 2.15. The number of ether oxygens (including phenoxy) is 3. The predicted octanol–water partition coefficient (Wildman–Crippen LogP) is 22.2. The Morgan fingerprint density at radius 1 is 0.269 bits per heavy atom. The van der Waals surface area contributed by atoms with Gasteiger partial charge in [-0.05, 0) is 135 Å². The summed E-state index contributed by atoms with van der Waals surface area (Å²) in [6.07, 6.45) is 91.8. The number of carbonyl (C=O) groups excluding carboxylic acids is 3. The molecule has 0 aliphatic rings. The van der Waals surface area contributed by atoms with Gasteiger partial charge >= 0.3 is 17.9 Å². The Morgan fingerprint density at radius 2 is 0.526 bits per heavy atom. The minimum absolute atomic E-state index is 0.0904. The number of allylic oxidation sites excluding steroid dienone is 22. The van der Waals surface area contributed by atoms with Crippen molar-refractivity contribution >= 4 is 17.9 Å². The minimum atomic E-state index is -0.793. The molecule has 0 aromatic heterocycles. The molecular weight excluding hydrogens is 961 g/mol. The smallest absolute Gasteiger partial charge is 0.306 e. The van der Waals surface area contributed by atoms with Crippen LogP contribution in [-0.4, -0.2) is 37.2 Å². The highest BCUT2D eigenvalue weighted by Gasteiger charge is 2.19. The molecule has 0 aromatic carbocycles. The van der Waals surface area contributed by atoms with Gasteiger partial charge in [0.25, 0.3) is 0 Å². The Hall–Kier alpha value is -4.45. The zero-order valence-electron chi connectivity index (χ0n) is 50.6. The Morgan fingerprint density at radius 3 is 0.846 bits per heavy atom. The van der Waals surface area contributed by atoms with Gasteiger partial charge in [-0.1, -0.05) is 264 Å². The van der Waals surface area contributed by atoms with Gasteiger partial charge in [0.05, 0.1) is 0 Å². The lowest BCUT2D eigenvalue weighted by atomic mass is 10.1. The molecule has 0 amide bonds. The second-order valence-electron chi connectivity index (χ2n) is 20.9. The summed E-state index contributed by atoms with van der Waals surface area (Å²) < 4.78 is 16.9. The lowest BCUT2D eigenvalue weighted by Gasteiger charge is -2.18. The van der Waals surface area contributed by atoms with E-state index in [1.165, 1.54) is 96.3 Å². The Kier molecular flexibility index (Phi) is 61.4. The molecule has 0 aliphatic heterocycles. The van der Waals surface area contributed by atoms with Crippen LogP contribution in [0.2, 0.25) is 0 Å². The average molecular weight is 1080 g/mol. The van der Waals surface area contributed by atoms with Crippen LogP contribution < -0.4 is 0 Å². The molecule has 0 aliphatic carbocycles. The summed E-state index contributed by atoms with van der Waals surface area (Å²) in [7, 11) is 0. The van der Waals surface area contributed by atoms with Crippen molar-refractivity contribution in [2.24, 2.45) is 0 Å². The molecule has 0 radical (unpaired) electrons. The van der Waals surface area contributed by atoms with E-state index in [0.717, 1.165) is 148 Å². The predicted molar refractivity (Wildman–Crippen MR) is 339 cm³/mol. The van der Waals surface area contributed by atoms with E-state index in [-0.39, 0.29) is 31.1 Å².